The monoisotopic (exact) mass is 402 g/mol. The van der Waals surface area contributed by atoms with Gasteiger partial charge in [0.05, 0.1) is 5.56 Å². The lowest BCUT2D eigenvalue weighted by atomic mass is 10.1. The van der Waals surface area contributed by atoms with Crippen molar-refractivity contribution in [2.24, 2.45) is 7.05 Å². The summed E-state index contributed by atoms with van der Waals surface area (Å²) in [5.74, 6) is -1.73. The highest BCUT2D eigenvalue weighted by Crippen LogP contribution is 2.26. The molecule has 1 aliphatic heterocycles. The summed E-state index contributed by atoms with van der Waals surface area (Å²) in [4.78, 5) is 16.4. The quantitative estimate of drug-likeness (QED) is 0.713. The number of halogens is 2. The van der Waals surface area contributed by atoms with Gasteiger partial charge in [0.2, 0.25) is 0 Å². The molecule has 1 aromatic carbocycles. The molecule has 0 aliphatic carbocycles. The summed E-state index contributed by atoms with van der Waals surface area (Å²) in [5, 5.41) is 9.20. The van der Waals surface area contributed by atoms with Gasteiger partial charge in [-0.2, -0.15) is 5.10 Å². The number of rotatable bonds is 5. The van der Waals surface area contributed by atoms with Crippen LogP contribution >= 0.6 is 11.3 Å². The minimum Gasteiger partial charge on any atom is -0.351 e. The van der Waals surface area contributed by atoms with Crippen molar-refractivity contribution in [1.82, 2.24) is 20.0 Å². The molecule has 0 unspecified atom stereocenters. The predicted molar refractivity (Wildman–Crippen MR) is 104 cm³/mol. The Morgan fingerprint density at radius 1 is 1.32 bits per heavy atom. The van der Waals surface area contributed by atoms with Crippen molar-refractivity contribution >= 4 is 17.2 Å². The molecule has 1 N–H and O–H groups in total. The molecule has 3 aromatic rings. The number of nitrogens with one attached hydrogen (secondary N) is 1. The number of carbonyl (C=O) groups is 1. The topological polar surface area (TPSA) is 50.2 Å². The summed E-state index contributed by atoms with van der Waals surface area (Å²) >= 11 is 1.80. The zero-order valence-corrected chi connectivity index (χ0v) is 16.2. The van der Waals surface area contributed by atoms with Gasteiger partial charge in [0, 0.05) is 55.9 Å². The minimum absolute atomic E-state index is 0.105. The third kappa shape index (κ3) is 3.83. The van der Waals surface area contributed by atoms with Gasteiger partial charge >= 0.3 is 0 Å². The smallest absolute Gasteiger partial charge is 0.255 e. The Kier molecular flexibility index (Phi) is 5.23. The zero-order chi connectivity index (χ0) is 19.7. The van der Waals surface area contributed by atoms with Crippen molar-refractivity contribution in [2.45, 2.75) is 13.0 Å². The Morgan fingerprint density at radius 2 is 2.18 bits per heavy atom. The van der Waals surface area contributed by atoms with Gasteiger partial charge in [-0.05, 0) is 35.6 Å². The molecule has 1 aliphatic rings. The molecule has 8 heteroatoms. The molecular formula is C20H20F2N4OS. The highest BCUT2D eigenvalue weighted by Gasteiger charge is 2.21. The molecule has 1 amide bonds. The molecule has 0 radical (unpaired) electrons. The molecule has 28 heavy (non-hydrogen) atoms. The van der Waals surface area contributed by atoms with E-state index >= 15 is 0 Å². The first kappa shape index (κ1) is 18.8. The lowest BCUT2D eigenvalue weighted by Gasteiger charge is -2.26. The zero-order valence-electron chi connectivity index (χ0n) is 15.4. The molecule has 0 fully saturated rings. The van der Waals surface area contributed by atoms with Crippen molar-refractivity contribution in [1.29, 1.82) is 0 Å². The van der Waals surface area contributed by atoms with E-state index in [0.29, 0.717) is 6.54 Å². The summed E-state index contributed by atoms with van der Waals surface area (Å²) in [6.45, 7) is 3.09. The van der Waals surface area contributed by atoms with Gasteiger partial charge in [-0.3, -0.25) is 14.4 Å². The molecule has 146 valence electrons. The van der Waals surface area contributed by atoms with E-state index in [2.05, 4.69) is 26.8 Å². The third-order valence-electron chi connectivity index (χ3n) is 4.86. The van der Waals surface area contributed by atoms with E-state index in [1.165, 1.54) is 21.2 Å². The average molecular weight is 402 g/mol. The fraction of sp³-hybridized carbons (Fsp3) is 0.300. The van der Waals surface area contributed by atoms with Crippen LogP contribution in [0.15, 0.2) is 35.8 Å². The van der Waals surface area contributed by atoms with E-state index in [0.717, 1.165) is 38.2 Å². The van der Waals surface area contributed by atoms with E-state index in [1.54, 1.807) is 24.6 Å². The van der Waals surface area contributed by atoms with Crippen molar-refractivity contribution < 1.29 is 13.6 Å². The summed E-state index contributed by atoms with van der Waals surface area (Å²) in [5.41, 5.74) is 1.95. The van der Waals surface area contributed by atoms with Crippen molar-refractivity contribution in [3.05, 3.63) is 63.5 Å². The molecule has 2 aromatic heterocycles. The molecule has 5 nitrogen and oxygen atoms in total. The number of hydrogen-bond donors (Lipinski definition) is 1. The highest BCUT2D eigenvalue weighted by atomic mass is 32.1. The number of carbonyl (C=O) groups excluding carboxylic acids is 1. The number of aryl methyl sites for hydroxylation is 1. The van der Waals surface area contributed by atoms with E-state index < -0.39 is 11.6 Å². The van der Waals surface area contributed by atoms with Crippen molar-refractivity contribution in [3.8, 4) is 11.3 Å². The molecule has 0 spiro atoms. The van der Waals surface area contributed by atoms with Crippen LogP contribution < -0.4 is 5.32 Å². The molecule has 4 rings (SSSR count). The van der Waals surface area contributed by atoms with Crippen LogP contribution in [0.5, 0.6) is 0 Å². The molecule has 3 heterocycles. The first-order valence-electron chi connectivity index (χ1n) is 9.06. The van der Waals surface area contributed by atoms with E-state index in [1.807, 2.05) is 0 Å². The van der Waals surface area contributed by atoms with E-state index in [9.17, 15) is 13.6 Å². The van der Waals surface area contributed by atoms with Crippen LogP contribution in [0, 0.1) is 11.6 Å². The van der Waals surface area contributed by atoms with Gasteiger partial charge in [0.1, 0.15) is 17.3 Å². The van der Waals surface area contributed by atoms with Crippen LogP contribution in [-0.2, 0) is 20.0 Å². The Morgan fingerprint density at radius 3 is 3.00 bits per heavy atom. The summed E-state index contributed by atoms with van der Waals surface area (Å²) < 4.78 is 28.8. The second-order valence-electron chi connectivity index (χ2n) is 6.84. The van der Waals surface area contributed by atoms with Gasteiger partial charge in [0.25, 0.3) is 5.91 Å². The summed E-state index contributed by atoms with van der Waals surface area (Å²) in [6, 6.07) is 5.41. The Hall–Kier alpha value is -2.58. The normalized spacial score (nSPS) is 14.1. The summed E-state index contributed by atoms with van der Waals surface area (Å²) in [6.07, 6.45) is 2.59. The molecular weight excluding hydrogens is 382 g/mol. The number of benzene rings is 1. The van der Waals surface area contributed by atoms with Crippen molar-refractivity contribution in [3.63, 3.8) is 0 Å². The van der Waals surface area contributed by atoms with Gasteiger partial charge in [-0.1, -0.05) is 0 Å². The van der Waals surface area contributed by atoms with Gasteiger partial charge in [-0.15, -0.1) is 11.3 Å². The molecule has 0 saturated heterocycles. The second-order valence-corrected chi connectivity index (χ2v) is 7.84. The highest BCUT2D eigenvalue weighted by molar-refractivity contribution is 7.10. The number of aromatic nitrogens is 2. The standard InChI is InChI=1S/C20H20F2N4OS/c1-25-12-16(19(24-25)15-3-2-14(21)10-17(15)22)20(27)23-6-8-26-7-4-18-13(11-26)5-9-28-18/h2-3,5,9-10,12H,4,6-8,11H2,1H3,(H,23,27). The maximum atomic E-state index is 14.2. The van der Waals surface area contributed by atoms with Crippen LogP contribution in [0.4, 0.5) is 8.78 Å². The summed E-state index contributed by atoms with van der Waals surface area (Å²) in [7, 11) is 1.66. The maximum absolute atomic E-state index is 14.2. The van der Waals surface area contributed by atoms with Gasteiger partial charge in [0.15, 0.2) is 0 Å². The fourth-order valence-corrected chi connectivity index (χ4v) is 4.35. The van der Waals surface area contributed by atoms with Crippen LogP contribution in [-0.4, -0.2) is 40.2 Å². The number of thiophene rings is 1. The largest absolute Gasteiger partial charge is 0.351 e. The van der Waals surface area contributed by atoms with Gasteiger partial charge < -0.3 is 5.32 Å². The Labute approximate surface area is 165 Å². The minimum atomic E-state index is -0.743. The number of hydrogen-bond acceptors (Lipinski definition) is 4. The Bertz CT molecular complexity index is 1010. The molecule has 0 bridgehead atoms. The maximum Gasteiger partial charge on any atom is 0.255 e. The van der Waals surface area contributed by atoms with Crippen LogP contribution in [0.3, 0.4) is 0 Å². The number of nitrogens with zero attached hydrogens (tertiary/aromatic N) is 3. The van der Waals surface area contributed by atoms with Gasteiger partial charge in [-0.25, -0.2) is 8.78 Å². The Balaban J connectivity index is 1.41. The fourth-order valence-electron chi connectivity index (χ4n) is 3.46. The predicted octanol–water partition coefficient (Wildman–Crippen LogP) is 3.21. The first-order chi connectivity index (χ1) is 13.5. The van der Waals surface area contributed by atoms with Crippen molar-refractivity contribution in [2.75, 3.05) is 19.6 Å². The molecule has 0 atom stereocenters. The van der Waals surface area contributed by atoms with Crippen LogP contribution in [0.1, 0.15) is 20.8 Å². The number of fused-ring (bicyclic) bond motifs is 1. The second kappa shape index (κ2) is 7.81. The van der Waals surface area contributed by atoms with E-state index in [4.69, 9.17) is 0 Å². The lowest BCUT2D eigenvalue weighted by Crippen LogP contribution is -2.37. The lowest BCUT2D eigenvalue weighted by molar-refractivity contribution is 0.0948. The van der Waals surface area contributed by atoms with Crippen LogP contribution in [0.2, 0.25) is 0 Å². The average Bonchev–Trinajstić information content (AvgIpc) is 3.27. The third-order valence-corrected chi connectivity index (χ3v) is 5.88. The number of amides is 1. The first-order valence-corrected chi connectivity index (χ1v) is 9.94. The van der Waals surface area contributed by atoms with E-state index in [-0.39, 0.29) is 22.7 Å². The molecule has 0 saturated carbocycles. The van der Waals surface area contributed by atoms with Crippen LogP contribution in [0.25, 0.3) is 11.3 Å². The SMILES string of the molecule is Cn1cc(C(=O)NCCN2CCc3sccc3C2)c(-c2ccc(F)cc2F)n1.